The molecule has 0 aromatic carbocycles. The van der Waals surface area contributed by atoms with E-state index in [1.165, 1.54) is 25.7 Å². The van der Waals surface area contributed by atoms with Gasteiger partial charge in [0.15, 0.2) is 0 Å². The van der Waals surface area contributed by atoms with E-state index < -0.39 is 0 Å². The van der Waals surface area contributed by atoms with Crippen LogP contribution in [0.1, 0.15) is 62.7 Å². The van der Waals surface area contributed by atoms with Crippen LogP contribution in [0.2, 0.25) is 0 Å². The molecule has 156 valence electrons. The predicted molar refractivity (Wildman–Crippen MR) is 116 cm³/mol. The van der Waals surface area contributed by atoms with Crippen LogP contribution in [-0.4, -0.2) is 35.8 Å². The summed E-state index contributed by atoms with van der Waals surface area (Å²) in [6.45, 7) is 4.82. The Bertz CT molecular complexity index is 849. The van der Waals surface area contributed by atoms with Gasteiger partial charge in [0, 0.05) is 35.5 Å². The third kappa shape index (κ3) is 2.76. The third-order valence-corrected chi connectivity index (χ3v) is 9.90. The fourth-order valence-electron chi connectivity index (χ4n) is 7.61. The summed E-state index contributed by atoms with van der Waals surface area (Å²) in [7, 11) is 1.98. The summed E-state index contributed by atoms with van der Waals surface area (Å²) in [5, 5.41) is 7.31. The van der Waals surface area contributed by atoms with Gasteiger partial charge in [-0.2, -0.15) is 11.3 Å². The molecule has 5 heteroatoms. The highest BCUT2D eigenvalue weighted by Gasteiger charge is 2.60. The highest BCUT2D eigenvalue weighted by molar-refractivity contribution is 7.08. The van der Waals surface area contributed by atoms with Crippen LogP contribution < -0.4 is 5.32 Å². The van der Waals surface area contributed by atoms with Crippen molar-refractivity contribution >= 4 is 23.2 Å². The fourth-order valence-corrected chi connectivity index (χ4v) is 8.25. The Balaban J connectivity index is 1.38. The standard InChI is InChI=1S/C24H32N2O2S/c1-23-11-8-18-16(4-7-20-24(18,2)12-9-21(27)26(20)3)17(23)5-6-19(23)25-22(28)15-10-13-29-14-15/h9-10,12-14,16-20H,4-8,11H2,1-3H3,(H,25,28)/t16-,17-,18-,19-,20+,23-,24+/m0/s1. The van der Waals surface area contributed by atoms with Gasteiger partial charge in [-0.25, -0.2) is 0 Å². The molecule has 0 bridgehead atoms. The lowest BCUT2D eigenvalue weighted by Gasteiger charge is -2.60. The molecule has 7 atom stereocenters. The van der Waals surface area contributed by atoms with E-state index in [2.05, 4.69) is 25.2 Å². The molecule has 0 unspecified atom stereocenters. The highest BCUT2D eigenvalue weighted by atomic mass is 32.1. The van der Waals surface area contributed by atoms with Crippen LogP contribution in [0.15, 0.2) is 29.0 Å². The van der Waals surface area contributed by atoms with Crippen LogP contribution in [0.5, 0.6) is 0 Å². The Hall–Kier alpha value is -1.62. The first kappa shape index (κ1) is 19.3. The average molecular weight is 413 g/mol. The van der Waals surface area contributed by atoms with Crippen molar-refractivity contribution in [2.45, 2.75) is 64.5 Å². The first-order valence-corrected chi connectivity index (χ1v) is 12.1. The van der Waals surface area contributed by atoms with Crippen LogP contribution >= 0.6 is 11.3 Å². The van der Waals surface area contributed by atoms with Gasteiger partial charge in [-0.3, -0.25) is 9.59 Å². The lowest BCUT2D eigenvalue weighted by atomic mass is 9.48. The van der Waals surface area contributed by atoms with Gasteiger partial charge in [0.05, 0.1) is 0 Å². The number of fused-ring (bicyclic) bond motifs is 5. The molecular formula is C24H32N2O2S. The molecule has 1 aromatic rings. The average Bonchev–Trinajstić information content (AvgIpc) is 3.34. The second-order valence-electron chi connectivity index (χ2n) is 10.3. The third-order valence-electron chi connectivity index (χ3n) is 9.22. The molecule has 0 radical (unpaired) electrons. The molecule has 2 heterocycles. The van der Waals surface area contributed by atoms with Crippen LogP contribution in [0, 0.1) is 28.6 Å². The van der Waals surface area contributed by atoms with E-state index in [9.17, 15) is 9.59 Å². The summed E-state index contributed by atoms with van der Waals surface area (Å²) in [6.07, 6.45) is 11.0. The number of rotatable bonds is 2. The Labute approximate surface area is 177 Å². The number of thiophene rings is 1. The largest absolute Gasteiger partial charge is 0.349 e. The van der Waals surface area contributed by atoms with E-state index >= 15 is 0 Å². The van der Waals surface area contributed by atoms with Gasteiger partial charge in [0.1, 0.15) is 0 Å². The lowest BCUT2D eigenvalue weighted by molar-refractivity contribution is -0.138. The van der Waals surface area contributed by atoms with Gasteiger partial charge < -0.3 is 10.2 Å². The second-order valence-corrected chi connectivity index (χ2v) is 11.1. The van der Waals surface area contributed by atoms with Gasteiger partial charge in [-0.1, -0.05) is 19.9 Å². The minimum Gasteiger partial charge on any atom is -0.349 e. The predicted octanol–water partition coefficient (Wildman–Crippen LogP) is 4.49. The number of likely N-dealkylation sites (N-methyl/N-ethyl adjacent to an activating group) is 1. The van der Waals surface area contributed by atoms with Gasteiger partial charge in [-0.05, 0) is 79.2 Å². The smallest absolute Gasteiger partial charge is 0.252 e. The first-order chi connectivity index (χ1) is 13.8. The van der Waals surface area contributed by atoms with Gasteiger partial charge in [0.25, 0.3) is 5.91 Å². The Kier molecular flexibility index (Phi) is 4.47. The number of nitrogens with one attached hydrogen (secondary N) is 1. The maximum Gasteiger partial charge on any atom is 0.252 e. The number of carbonyl (C=O) groups is 2. The second kappa shape index (κ2) is 6.69. The summed E-state index contributed by atoms with van der Waals surface area (Å²) in [6, 6.07) is 2.53. The van der Waals surface area contributed by atoms with E-state index in [1.807, 2.05) is 34.9 Å². The minimum atomic E-state index is 0.0882. The summed E-state index contributed by atoms with van der Waals surface area (Å²) >= 11 is 1.58. The maximum atomic E-state index is 12.7. The minimum absolute atomic E-state index is 0.0882. The molecule has 1 N–H and O–H groups in total. The molecule has 0 saturated heterocycles. The topological polar surface area (TPSA) is 49.4 Å². The molecule has 3 fully saturated rings. The molecular weight excluding hydrogens is 380 g/mol. The van der Waals surface area contributed by atoms with Gasteiger partial charge in [0.2, 0.25) is 5.91 Å². The van der Waals surface area contributed by atoms with E-state index in [0.29, 0.717) is 23.8 Å². The van der Waals surface area contributed by atoms with Crippen LogP contribution in [0.25, 0.3) is 0 Å². The van der Waals surface area contributed by atoms with E-state index in [4.69, 9.17) is 0 Å². The number of hydrogen-bond acceptors (Lipinski definition) is 3. The van der Waals surface area contributed by atoms with Crippen molar-refractivity contribution < 1.29 is 9.59 Å². The number of amides is 2. The molecule has 1 aromatic heterocycles. The molecule has 5 rings (SSSR count). The molecule has 3 aliphatic carbocycles. The quantitative estimate of drug-likeness (QED) is 0.778. The molecule has 3 saturated carbocycles. The zero-order valence-corrected chi connectivity index (χ0v) is 18.5. The van der Waals surface area contributed by atoms with E-state index in [0.717, 1.165) is 18.4 Å². The summed E-state index contributed by atoms with van der Waals surface area (Å²) in [5.41, 5.74) is 1.07. The van der Waals surface area contributed by atoms with Crippen molar-refractivity contribution in [3.63, 3.8) is 0 Å². The highest BCUT2D eigenvalue weighted by Crippen LogP contribution is 2.63. The van der Waals surface area contributed by atoms with E-state index in [-0.39, 0.29) is 28.7 Å². The summed E-state index contributed by atoms with van der Waals surface area (Å²) < 4.78 is 0. The monoisotopic (exact) mass is 412 g/mol. The Morgan fingerprint density at radius 1 is 1.17 bits per heavy atom. The summed E-state index contributed by atoms with van der Waals surface area (Å²) in [5.74, 6) is 2.25. The number of nitrogens with zero attached hydrogens (tertiary/aromatic N) is 1. The van der Waals surface area contributed by atoms with Crippen LogP contribution in [0.3, 0.4) is 0 Å². The van der Waals surface area contributed by atoms with Crippen molar-refractivity contribution in [1.29, 1.82) is 0 Å². The maximum absolute atomic E-state index is 12.7. The first-order valence-electron chi connectivity index (χ1n) is 11.1. The number of carbonyl (C=O) groups excluding carboxylic acids is 2. The van der Waals surface area contributed by atoms with Gasteiger partial charge in [-0.15, -0.1) is 0 Å². The zero-order chi connectivity index (χ0) is 20.4. The zero-order valence-electron chi connectivity index (χ0n) is 17.7. The Morgan fingerprint density at radius 2 is 2.00 bits per heavy atom. The van der Waals surface area contributed by atoms with Crippen molar-refractivity contribution in [3.8, 4) is 0 Å². The molecule has 29 heavy (non-hydrogen) atoms. The van der Waals surface area contributed by atoms with Gasteiger partial charge >= 0.3 is 0 Å². The molecule has 4 aliphatic rings. The molecule has 0 spiro atoms. The van der Waals surface area contributed by atoms with Crippen molar-refractivity contribution in [3.05, 3.63) is 34.5 Å². The van der Waals surface area contributed by atoms with Crippen LogP contribution in [0.4, 0.5) is 0 Å². The number of hydrogen-bond donors (Lipinski definition) is 1. The normalized spacial score (nSPS) is 43.5. The molecule has 4 nitrogen and oxygen atoms in total. The lowest BCUT2D eigenvalue weighted by Crippen LogP contribution is -2.60. The molecule has 2 amide bonds. The van der Waals surface area contributed by atoms with Crippen molar-refractivity contribution in [1.82, 2.24) is 10.2 Å². The Morgan fingerprint density at radius 3 is 2.76 bits per heavy atom. The summed E-state index contributed by atoms with van der Waals surface area (Å²) in [4.78, 5) is 26.9. The van der Waals surface area contributed by atoms with Crippen LogP contribution in [-0.2, 0) is 4.79 Å². The SMILES string of the molecule is CN1C(=O)C=C[C@]2(C)[C@H]3CC[C@]4(C)[C@@H](NC(=O)c5ccsc5)CC[C@H]4[C@@H]3CC[C@@H]12. The van der Waals surface area contributed by atoms with Crippen molar-refractivity contribution in [2.24, 2.45) is 28.6 Å². The fraction of sp³-hybridized carbons (Fsp3) is 0.667. The van der Waals surface area contributed by atoms with E-state index in [1.54, 1.807) is 11.3 Å². The molecule has 1 aliphatic heterocycles. The van der Waals surface area contributed by atoms with Crippen molar-refractivity contribution in [2.75, 3.05) is 7.05 Å².